The molecular weight excluding hydrogens is 354 g/mol. The lowest BCUT2D eigenvalue weighted by Crippen LogP contribution is -2.40. The van der Waals surface area contributed by atoms with E-state index in [9.17, 15) is 18.4 Å². The molecule has 0 fully saturated rings. The number of halogens is 2. The molecule has 0 radical (unpaired) electrons. The number of nitrogens with one attached hydrogen (secondary N) is 2. The number of aromatic nitrogens is 2. The number of hydrogen-bond acceptors (Lipinski definition) is 3. The van der Waals surface area contributed by atoms with Gasteiger partial charge in [0.2, 0.25) is 5.82 Å². The minimum Gasteiger partial charge on any atom is -0.346 e. The van der Waals surface area contributed by atoms with Crippen LogP contribution < -0.4 is 10.6 Å². The Hall–Kier alpha value is -3.29. The van der Waals surface area contributed by atoms with Crippen LogP contribution in [0.4, 0.5) is 14.5 Å². The SMILES string of the molecule is CC(C)(C)NC(=O)c1nc(C(=O)Nc2ccc(F)c(F)c2)n2ccccc12. The van der Waals surface area contributed by atoms with Crippen LogP contribution in [0.2, 0.25) is 0 Å². The highest BCUT2D eigenvalue weighted by atomic mass is 19.2. The van der Waals surface area contributed by atoms with Crippen molar-refractivity contribution in [3.8, 4) is 0 Å². The minimum absolute atomic E-state index is 0.0469. The highest BCUT2D eigenvalue weighted by Crippen LogP contribution is 2.17. The number of nitrogens with zero attached hydrogens (tertiary/aromatic N) is 2. The van der Waals surface area contributed by atoms with Gasteiger partial charge in [0.1, 0.15) is 0 Å². The first-order valence-corrected chi connectivity index (χ1v) is 8.22. The van der Waals surface area contributed by atoms with Crippen molar-refractivity contribution in [2.45, 2.75) is 26.3 Å². The standard InChI is InChI=1S/C19H18F2N4O2/c1-19(2,3)24-17(26)15-14-6-4-5-9-25(14)16(23-15)18(27)22-11-7-8-12(20)13(21)10-11/h4-10H,1-3H3,(H,22,27)(H,24,26). The number of anilines is 1. The predicted molar refractivity (Wildman–Crippen MR) is 96.7 cm³/mol. The molecule has 2 aromatic heterocycles. The van der Waals surface area contributed by atoms with Gasteiger partial charge in [0.15, 0.2) is 17.3 Å². The lowest BCUT2D eigenvalue weighted by molar-refractivity contribution is 0.0916. The summed E-state index contributed by atoms with van der Waals surface area (Å²) in [6.45, 7) is 5.50. The van der Waals surface area contributed by atoms with E-state index in [0.717, 1.165) is 12.1 Å². The Labute approximate surface area is 154 Å². The molecule has 1 aromatic carbocycles. The third-order valence-corrected chi connectivity index (χ3v) is 3.63. The van der Waals surface area contributed by atoms with E-state index in [1.807, 2.05) is 20.8 Å². The van der Waals surface area contributed by atoms with Gasteiger partial charge in [0.05, 0.1) is 5.52 Å². The van der Waals surface area contributed by atoms with Gasteiger partial charge in [-0.05, 0) is 45.0 Å². The zero-order valence-electron chi connectivity index (χ0n) is 15.0. The summed E-state index contributed by atoms with van der Waals surface area (Å²) in [7, 11) is 0. The van der Waals surface area contributed by atoms with E-state index in [2.05, 4.69) is 15.6 Å². The van der Waals surface area contributed by atoms with Gasteiger partial charge >= 0.3 is 0 Å². The summed E-state index contributed by atoms with van der Waals surface area (Å²) in [5, 5.41) is 5.26. The van der Waals surface area contributed by atoms with Crippen LogP contribution in [0.1, 0.15) is 41.9 Å². The van der Waals surface area contributed by atoms with Gasteiger partial charge in [-0.15, -0.1) is 0 Å². The maximum Gasteiger partial charge on any atom is 0.292 e. The van der Waals surface area contributed by atoms with Crippen molar-refractivity contribution in [3.63, 3.8) is 0 Å². The lowest BCUT2D eigenvalue weighted by atomic mass is 10.1. The second kappa shape index (κ2) is 6.79. The van der Waals surface area contributed by atoms with Crippen molar-refractivity contribution < 1.29 is 18.4 Å². The Kier molecular flexibility index (Phi) is 4.65. The third kappa shape index (κ3) is 3.94. The molecule has 2 amide bonds. The summed E-state index contributed by atoms with van der Waals surface area (Å²) in [6, 6.07) is 8.10. The number of carbonyl (C=O) groups is 2. The average molecular weight is 372 g/mol. The lowest BCUT2D eigenvalue weighted by Gasteiger charge is -2.19. The third-order valence-electron chi connectivity index (χ3n) is 3.63. The Morgan fingerprint density at radius 2 is 1.78 bits per heavy atom. The molecule has 0 aliphatic carbocycles. The van der Waals surface area contributed by atoms with E-state index in [-0.39, 0.29) is 17.2 Å². The molecule has 140 valence electrons. The molecule has 0 aliphatic heterocycles. The van der Waals surface area contributed by atoms with E-state index in [1.165, 1.54) is 10.5 Å². The van der Waals surface area contributed by atoms with Crippen molar-refractivity contribution in [1.82, 2.24) is 14.7 Å². The molecular formula is C19H18F2N4O2. The van der Waals surface area contributed by atoms with E-state index in [4.69, 9.17) is 0 Å². The van der Waals surface area contributed by atoms with E-state index >= 15 is 0 Å². The van der Waals surface area contributed by atoms with Crippen molar-refractivity contribution >= 4 is 23.0 Å². The number of benzene rings is 1. The molecule has 2 heterocycles. The molecule has 0 saturated carbocycles. The van der Waals surface area contributed by atoms with Crippen LogP contribution in [0.5, 0.6) is 0 Å². The molecule has 0 spiro atoms. The molecule has 0 bridgehead atoms. The Morgan fingerprint density at radius 3 is 2.44 bits per heavy atom. The number of amides is 2. The monoisotopic (exact) mass is 372 g/mol. The van der Waals surface area contributed by atoms with Crippen LogP contribution in [0.15, 0.2) is 42.6 Å². The first kappa shape index (κ1) is 18.5. The zero-order chi connectivity index (χ0) is 19.8. The van der Waals surface area contributed by atoms with Crippen LogP contribution >= 0.6 is 0 Å². The van der Waals surface area contributed by atoms with Crippen LogP contribution in [0.25, 0.3) is 5.52 Å². The molecule has 2 N–H and O–H groups in total. The molecule has 3 aromatic rings. The highest BCUT2D eigenvalue weighted by Gasteiger charge is 2.24. The van der Waals surface area contributed by atoms with Crippen LogP contribution in [0, 0.1) is 11.6 Å². The van der Waals surface area contributed by atoms with E-state index in [0.29, 0.717) is 5.52 Å². The van der Waals surface area contributed by atoms with Gasteiger partial charge in [-0.2, -0.15) is 0 Å². The van der Waals surface area contributed by atoms with Gasteiger partial charge < -0.3 is 10.6 Å². The number of hydrogen-bond donors (Lipinski definition) is 2. The van der Waals surface area contributed by atoms with E-state index in [1.54, 1.807) is 24.4 Å². The van der Waals surface area contributed by atoms with Gasteiger partial charge in [-0.25, -0.2) is 13.8 Å². The van der Waals surface area contributed by atoms with Gasteiger partial charge in [0.25, 0.3) is 11.8 Å². The van der Waals surface area contributed by atoms with Gasteiger partial charge in [-0.3, -0.25) is 14.0 Å². The fraction of sp³-hybridized carbons (Fsp3) is 0.211. The Bertz CT molecular complexity index is 1040. The Morgan fingerprint density at radius 1 is 1.04 bits per heavy atom. The topological polar surface area (TPSA) is 75.5 Å². The number of pyridine rings is 1. The maximum atomic E-state index is 13.4. The molecule has 0 aliphatic rings. The Balaban J connectivity index is 1.98. The number of fused-ring (bicyclic) bond motifs is 1. The van der Waals surface area contributed by atoms with Crippen molar-refractivity contribution in [3.05, 3.63) is 65.7 Å². The van der Waals surface area contributed by atoms with Crippen molar-refractivity contribution in [2.24, 2.45) is 0 Å². The minimum atomic E-state index is -1.08. The molecule has 3 rings (SSSR count). The number of rotatable bonds is 3. The largest absolute Gasteiger partial charge is 0.346 e. The summed E-state index contributed by atoms with van der Waals surface area (Å²) in [5.41, 5.74) is 0.151. The quantitative estimate of drug-likeness (QED) is 0.740. The molecule has 0 atom stereocenters. The summed E-state index contributed by atoms with van der Waals surface area (Å²) in [4.78, 5) is 29.3. The molecule has 0 saturated heterocycles. The predicted octanol–water partition coefficient (Wildman–Crippen LogP) is 3.39. The van der Waals surface area contributed by atoms with Crippen molar-refractivity contribution in [1.29, 1.82) is 0 Å². The van der Waals surface area contributed by atoms with Gasteiger partial charge in [0, 0.05) is 23.5 Å². The number of imidazole rings is 1. The van der Waals surface area contributed by atoms with Crippen LogP contribution in [0.3, 0.4) is 0 Å². The average Bonchev–Trinajstić information content (AvgIpc) is 2.97. The van der Waals surface area contributed by atoms with Gasteiger partial charge in [-0.1, -0.05) is 6.07 Å². The zero-order valence-corrected chi connectivity index (χ0v) is 15.0. The fourth-order valence-electron chi connectivity index (χ4n) is 2.53. The van der Waals surface area contributed by atoms with Crippen molar-refractivity contribution in [2.75, 3.05) is 5.32 Å². The summed E-state index contributed by atoms with van der Waals surface area (Å²) < 4.78 is 27.9. The molecule has 0 unspecified atom stereocenters. The normalized spacial score (nSPS) is 11.4. The van der Waals surface area contributed by atoms with Crippen LogP contribution in [-0.4, -0.2) is 26.7 Å². The number of carbonyl (C=O) groups excluding carboxylic acids is 2. The smallest absolute Gasteiger partial charge is 0.292 e. The van der Waals surface area contributed by atoms with E-state index < -0.39 is 29.0 Å². The first-order valence-electron chi connectivity index (χ1n) is 8.22. The molecule has 8 heteroatoms. The molecule has 27 heavy (non-hydrogen) atoms. The summed E-state index contributed by atoms with van der Waals surface area (Å²) in [6.07, 6.45) is 1.59. The van der Waals surface area contributed by atoms with Crippen LogP contribution in [-0.2, 0) is 0 Å². The fourth-order valence-corrected chi connectivity index (χ4v) is 2.53. The maximum absolute atomic E-state index is 13.4. The summed E-state index contributed by atoms with van der Waals surface area (Å²) in [5.74, 6) is -3.21. The molecule has 6 nitrogen and oxygen atoms in total. The first-order chi connectivity index (χ1) is 12.7. The highest BCUT2D eigenvalue weighted by molar-refractivity contribution is 6.06. The second-order valence-electron chi connectivity index (χ2n) is 7.03. The second-order valence-corrected chi connectivity index (χ2v) is 7.03. The summed E-state index contributed by atoms with van der Waals surface area (Å²) >= 11 is 0.